The largest absolute Gasteiger partial charge is 0.486 e. The average molecular weight is 460 g/mol. The van der Waals surface area contributed by atoms with Gasteiger partial charge in [-0.3, -0.25) is 4.79 Å². The van der Waals surface area contributed by atoms with Gasteiger partial charge in [0.05, 0.1) is 16.3 Å². The number of rotatable bonds is 6. The predicted octanol–water partition coefficient (Wildman–Crippen LogP) is 5.27. The minimum absolute atomic E-state index is 0.218. The number of amides is 1. The quantitative estimate of drug-likeness (QED) is 0.425. The summed E-state index contributed by atoms with van der Waals surface area (Å²) >= 11 is 1.58. The second kappa shape index (κ2) is 9.54. The third-order valence-electron chi connectivity index (χ3n) is 5.68. The van der Waals surface area contributed by atoms with E-state index in [0.717, 1.165) is 53.7 Å². The third-order valence-corrected chi connectivity index (χ3v) is 6.51. The van der Waals surface area contributed by atoms with Crippen LogP contribution in [0.25, 0.3) is 11.4 Å². The molecule has 1 aliphatic heterocycles. The molecule has 7 nitrogen and oxygen atoms in total. The van der Waals surface area contributed by atoms with Gasteiger partial charge in [0.1, 0.15) is 18.2 Å². The van der Waals surface area contributed by atoms with Gasteiger partial charge in [0.25, 0.3) is 5.91 Å². The van der Waals surface area contributed by atoms with Crippen molar-refractivity contribution in [1.82, 2.24) is 19.7 Å². The van der Waals surface area contributed by atoms with E-state index in [2.05, 4.69) is 25.1 Å². The zero-order chi connectivity index (χ0) is 22.6. The van der Waals surface area contributed by atoms with Crippen molar-refractivity contribution in [1.29, 1.82) is 0 Å². The lowest BCUT2D eigenvalue weighted by atomic mass is 10.1. The first kappa shape index (κ1) is 21.3. The Morgan fingerprint density at radius 3 is 2.76 bits per heavy atom. The van der Waals surface area contributed by atoms with E-state index in [9.17, 15) is 4.79 Å². The van der Waals surface area contributed by atoms with Gasteiger partial charge in [-0.2, -0.15) is 0 Å². The Balaban J connectivity index is 1.28. The van der Waals surface area contributed by atoms with E-state index in [0.29, 0.717) is 23.6 Å². The van der Waals surface area contributed by atoms with Crippen LogP contribution >= 0.6 is 11.3 Å². The first-order chi connectivity index (χ1) is 16.2. The highest BCUT2D eigenvalue weighted by Gasteiger charge is 2.17. The van der Waals surface area contributed by atoms with Gasteiger partial charge in [-0.05, 0) is 56.2 Å². The molecule has 0 unspecified atom stereocenters. The summed E-state index contributed by atoms with van der Waals surface area (Å²) in [5.74, 6) is 2.26. The van der Waals surface area contributed by atoms with Crippen molar-refractivity contribution in [3.63, 3.8) is 0 Å². The molecule has 4 aromatic rings. The molecule has 8 heteroatoms. The lowest BCUT2D eigenvalue weighted by Crippen LogP contribution is -2.13. The van der Waals surface area contributed by atoms with Crippen molar-refractivity contribution in [3.8, 4) is 17.1 Å². The summed E-state index contributed by atoms with van der Waals surface area (Å²) in [7, 11) is 0. The Morgan fingerprint density at radius 2 is 1.94 bits per heavy atom. The minimum Gasteiger partial charge on any atom is -0.486 e. The Labute approximate surface area is 196 Å². The van der Waals surface area contributed by atoms with Gasteiger partial charge in [0, 0.05) is 29.6 Å². The monoisotopic (exact) mass is 459 g/mol. The number of nitrogens with one attached hydrogen (secondary N) is 1. The van der Waals surface area contributed by atoms with Crippen molar-refractivity contribution < 1.29 is 9.53 Å². The summed E-state index contributed by atoms with van der Waals surface area (Å²) < 4.78 is 8.11. The van der Waals surface area contributed by atoms with E-state index in [1.807, 2.05) is 48.7 Å². The smallest absolute Gasteiger partial charge is 0.259 e. The second-order valence-electron chi connectivity index (χ2n) is 8.08. The van der Waals surface area contributed by atoms with Crippen LogP contribution in [0.1, 0.15) is 46.1 Å². The van der Waals surface area contributed by atoms with E-state index in [4.69, 9.17) is 4.74 Å². The first-order valence-corrected chi connectivity index (χ1v) is 12.0. The molecular formula is C25H25N5O2S. The Bertz CT molecular complexity index is 1260. The predicted molar refractivity (Wildman–Crippen MR) is 129 cm³/mol. The number of nitrogens with zero attached hydrogens (tertiary/aromatic N) is 4. The first-order valence-electron chi connectivity index (χ1n) is 11.1. The van der Waals surface area contributed by atoms with Crippen molar-refractivity contribution in [2.24, 2.45) is 0 Å². The fourth-order valence-corrected chi connectivity index (χ4v) is 4.60. The van der Waals surface area contributed by atoms with Crippen LogP contribution in [0, 0.1) is 6.92 Å². The van der Waals surface area contributed by atoms with Gasteiger partial charge in [-0.15, -0.1) is 21.5 Å². The van der Waals surface area contributed by atoms with Crippen LogP contribution in [0.4, 0.5) is 5.69 Å². The molecular weight excluding hydrogens is 434 g/mol. The fourth-order valence-electron chi connectivity index (χ4n) is 4.01. The van der Waals surface area contributed by atoms with Crippen LogP contribution in [-0.4, -0.2) is 25.7 Å². The van der Waals surface area contributed by atoms with Crippen LogP contribution < -0.4 is 10.1 Å². The molecule has 3 heterocycles. The third kappa shape index (κ3) is 4.80. The van der Waals surface area contributed by atoms with Crippen LogP contribution in [0.15, 0.2) is 53.9 Å². The molecule has 2 aromatic heterocycles. The van der Waals surface area contributed by atoms with Crippen molar-refractivity contribution >= 4 is 22.9 Å². The maximum absolute atomic E-state index is 13.0. The molecule has 2 aromatic carbocycles. The van der Waals surface area contributed by atoms with Crippen molar-refractivity contribution in [3.05, 3.63) is 76.0 Å². The number of para-hydroxylation sites is 1. The number of hydrogen-bond acceptors (Lipinski definition) is 6. The van der Waals surface area contributed by atoms with Crippen LogP contribution in [0.5, 0.6) is 5.75 Å². The minimum atomic E-state index is -0.218. The Kier molecular flexibility index (Phi) is 6.17. The standard InChI is InChI=1S/C25H25N5O2S/c1-17-26-20(16-33-17)15-32-22-8-5-4-7-21(22)25(31)27-19-12-10-18(11-13-19)24-29-28-23-9-3-2-6-14-30(23)24/h4-5,7-8,10-13,16H,2-3,6,9,14-15H2,1H3,(H,27,31). The van der Waals surface area contributed by atoms with Crippen molar-refractivity contribution in [2.45, 2.75) is 45.8 Å². The van der Waals surface area contributed by atoms with Crippen LogP contribution in [0.2, 0.25) is 0 Å². The zero-order valence-electron chi connectivity index (χ0n) is 18.5. The van der Waals surface area contributed by atoms with E-state index in [1.54, 1.807) is 23.5 Å². The molecule has 0 spiro atoms. The number of benzene rings is 2. The number of aryl methyl sites for hydroxylation is 2. The number of carbonyl (C=O) groups is 1. The number of carbonyl (C=O) groups excluding carboxylic acids is 1. The highest BCUT2D eigenvalue weighted by Crippen LogP contribution is 2.25. The molecule has 33 heavy (non-hydrogen) atoms. The van der Waals surface area contributed by atoms with E-state index in [-0.39, 0.29) is 5.91 Å². The molecule has 0 radical (unpaired) electrons. The number of fused-ring (bicyclic) bond motifs is 1. The van der Waals surface area contributed by atoms with Gasteiger partial charge in [0.15, 0.2) is 5.82 Å². The van der Waals surface area contributed by atoms with E-state index >= 15 is 0 Å². The fraction of sp³-hybridized carbons (Fsp3) is 0.280. The molecule has 0 fully saturated rings. The lowest BCUT2D eigenvalue weighted by molar-refractivity contribution is 0.102. The van der Waals surface area contributed by atoms with Gasteiger partial charge in [-0.25, -0.2) is 4.98 Å². The highest BCUT2D eigenvalue weighted by molar-refractivity contribution is 7.09. The average Bonchev–Trinajstić information content (AvgIpc) is 3.36. The van der Waals surface area contributed by atoms with Crippen molar-refractivity contribution in [2.75, 3.05) is 5.32 Å². The maximum atomic E-state index is 13.0. The highest BCUT2D eigenvalue weighted by atomic mass is 32.1. The topological polar surface area (TPSA) is 81.9 Å². The molecule has 0 saturated carbocycles. The molecule has 5 rings (SSSR count). The molecule has 1 N–H and O–H groups in total. The number of hydrogen-bond donors (Lipinski definition) is 1. The molecule has 0 saturated heterocycles. The summed E-state index contributed by atoms with van der Waals surface area (Å²) in [5, 5.41) is 14.7. The summed E-state index contributed by atoms with van der Waals surface area (Å²) in [6, 6.07) is 15.0. The summed E-state index contributed by atoms with van der Waals surface area (Å²) in [5.41, 5.74) is 3.05. The SMILES string of the molecule is Cc1nc(COc2ccccc2C(=O)Nc2ccc(-c3nnc4n3CCCCC4)cc2)cs1. The number of aromatic nitrogens is 4. The number of ether oxygens (including phenoxy) is 1. The zero-order valence-corrected chi connectivity index (χ0v) is 19.3. The van der Waals surface area contributed by atoms with Crippen LogP contribution in [-0.2, 0) is 19.6 Å². The summed E-state index contributed by atoms with van der Waals surface area (Å²) in [6.45, 7) is 3.24. The van der Waals surface area contributed by atoms with E-state index in [1.165, 1.54) is 6.42 Å². The molecule has 1 amide bonds. The second-order valence-corrected chi connectivity index (χ2v) is 9.14. The Morgan fingerprint density at radius 1 is 1.09 bits per heavy atom. The number of anilines is 1. The van der Waals surface area contributed by atoms with Gasteiger partial charge >= 0.3 is 0 Å². The van der Waals surface area contributed by atoms with Gasteiger partial charge < -0.3 is 14.6 Å². The molecule has 1 aliphatic rings. The summed E-state index contributed by atoms with van der Waals surface area (Å²) in [4.78, 5) is 17.4. The molecule has 168 valence electrons. The van der Waals surface area contributed by atoms with E-state index < -0.39 is 0 Å². The molecule has 0 aliphatic carbocycles. The maximum Gasteiger partial charge on any atom is 0.259 e. The van der Waals surface area contributed by atoms with Gasteiger partial charge in [-0.1, -0.05) is 18.6 Å². The van der Waals surface area contributed by atoms with Gasteiger partial charge in [0.2, 0.25) is 0 Å². The number of thiazole rings is 1. The van der Waals surface area contributed by atoms with Crippen LogP contribution in [0.3, 0.4) is 0 Å². The normalized spacial score (nSPS) is 13.2. The Hall–Kier alpha value is -3.52. The molecule has 0 bridgehead atoms. The molecule has 0 atom stereocenters. The lowest BCUT2D eigenvalue weighted by Gasteiger charge is -2.12. The summed E-state index contributed by atoms with van der Waals surface area (Å²) in [6.07, 6.45) is 4.51.